The molecule has 1 aromatic carbocycles. The van der Waals surface area contributed by atoms with Crippen LogP contribution in [0.25, 0.3) is 11.4 Å². The number of hydrogen-bond acceptors (Lipinski definition) is 6. The molecule has 0 saturated carbocycles. The van der Waals surface area contributed by atoms with E-state index in [1.54, 1.807) is 19.1 Å². The summed E-state index contributed by atoms with van der Waals surface area (Å²) in [6, 6.07) is 2.74. The average molecular weight is 350 g/mol. The first-order chi connectivity index (χ1) is 9.69. The highest BCUT2D eigenvalue weighted by molar-refractivity contribution is 7.90. The lowest BCUT2D eigenvalue weighted by molar-refractivity contribution is 0.509. The molecular weight excluding hydrogens is 337 g/mol. The minimum Gasteiger partial charge on any atom is -0.397 e. The van der Waals surface area contributed by atoms with Crippen LogP contribution in [0, 0.1) is 0 Å². The van der Waals surface area contributed by atoms with Gasteiger partial charge in [-0.3, -0.25) is 0 Å². The van der Waals surface area contributed by atoms with Crippen LogP contribution < -0.4 is 5.73 Å². The van der Waals surface area contributed by atoms with Crippen molar-refractivity contribution in [3.05, 3.63) is 22.2 Å². The average Bonchev–Trinajstić information content (AvgIpc) is 2.82. The fourth-order valence-electron chi connectivity index (χ4n) is 1.93. The second-order valence-corrected chi connectivity index (χ2v) is 7.72. The van der Waals surface area contributed by atoms with Crippen LogP contribution in [-0.4, -0.2) is 40.6 Å². The van der Waals surface area contributed by atoms with Crippen molar-refractivity contribution in [1.29, 1.82) is 0 Å². The molecule has 1 unspecified atom stereocenters. The van der Waals surface area contributed by atoms with E-state index in [1.807, 2.05) is 0 Å². The molecule has 0 fully saturated rings. The van der Waals surface area contributed by atoms with E-state index in [9.17, 15) is 8.42 Å². The molecule has 2 N–H and O–H groups in total. The maximum Gasteiger partial charge on any atom is 0.182 e. The number of anilines is 1. The van der Waals surface area contributed by atoms with Crippen LogP contribution in [0.3, 0.4) is 0 Å². The van der Waals surface area contributed by atoms with Crippen LogP contribution >= 0.6 is 23.2 Å². The fraction of sp³-hybridized carbons (Fsp3) is 0.364. The number of halogens is 2. The summed E-state index contributed by atoms with van der Waals surface area (Å²) < 4.78 is 24.2. The summed E-state index contributed by atoms with van der Waals surface area (Å²) in [4.78, 5) is 0. The molecule has 0 saturated heterocycles. The van der Waals surface area contributed by atoms with Gasteiger partial charge in [0, 0.05) is 11.8 Å². The maximum atomic E-state index is 11.4. The molecule has 0 amide bonds. The van der Waals surface area contributed by atoms with Gasteiger partial charge in [-0.1, -0.05) is 23.2 Å². The monoisotopic (exact) mass is 349 g/mol. The fourth-order valence-corrected chi connectivity index (χ4v) is 3.28. The summed E-state index contributed by atoms with van der Waals surface area (Å²) in [5.41, 5.74) is 6.62. The highest BCUT2D eigenvalue weighted by atomic mass is 35.5. The molecule has 1 aromatic heterocycles. The van der Waals surface area contributed by atoms with Gasteiger partial charge in [-0.05, 0) is 29.5 Å². The van der Waals surface area contributed by atoms with E-state index >= 15 is 0 Å². The molecule has 10 heteroatoms. The molecule has 21 heavy (non-hydrogen) atoms. The highest BCUT2D eigenvalue weighted by Gasteiger charge is 2.19. The smallest absolute Gasteiger partial charge is 0.182 e. The van der Waals surface area contributed by atoms with Crippen molar-refractivity contribution in [2.75, 3.05) is 17.7 Å². The first-order valence-corrected chi connectivity index (χ1v) is 8.71. The van der Waals surface area contributed by atoms with Crippen molar-refractivity contribution in [2.45, 2.75) is 13.0 Å². The molecule has 0 spiro atoms. The second kappa shape index (κ2) is 5.78. The summed E-state index contributed by atoms with van der Waals surface area (Å²) >= 11 is 11.9. The molecule has 0 bridgehead atoms. The number of tetrazole rings is 1. The molecule has 0 aliphatic heterocycles. The summed E-state index contributed by atoms with van der Waals surface area (Å²) in [6.07, 6.45) is 1.16. The van der Waals surface area contributed by atoms with Gasteiger partial charge in [0.25, 0.3) is 0 Å². The topological polar surface area (TPSA) is 104 Å². The van der Waals surface area contributed by atoms with Gasteiger partial charge in [-0.2, -0.15) is 0 Å². The number of nitrogens with two attached hydrogens (primary N) is 1. The molecule has 1 heterocycles. The van der Waals surface area contributed by atoms with Crippen LogP contribution in [0.5, 0.6) is 0 Å². The van der Waals surface area contributed by atoms with Crippen LogP contribution in [0.15, 0.2) is 12.1 Å². The number of nitrogens with zero attached hydrogens (tertiary/aromatic N) is 4. The number of hydrogen-bond donors (Lipinski definition) is 1. The Kier molecular flexibility index (Phi) is 4.40. The molecule has 2 aromatic rings. The van der Waals surface area contributed by atoms with Crippen molar-refractivity contribution in [2.24, 2.45) is 0 Å². The van der Waals surface area contributed by atoms with Crippen LogP contribution in [0.1, 0.15) is 13.0 Å². The Morgan fingerprint density at radius 2 is 2.05 bits per heavy atom. The maximum absolute atomic E-state index is 11.4. The Bertz CT molecular complexity index is 752. The Balaban J connectivity index is 2.46. The van der Waals surface area contributed by atoms with E-state index in [2.05, 4.69) is 15.5 Å². The number of rotatable bonds is 4. The second-order valence-electron chi connectivity index (χ2n) is 4.75. The SMILES string of the molecule is CC(CS(C)(=O)=O)n1nnnc1-c1cc(N)c(Cl)c(Cl)c1. The Labute approximate surface area is 132 Å². The van der Waals surface area contributed by atoms with E-state index < -0.39 is 15.9 Å². The highest BCUT2D eigenvalue weighted by Crippen LogP contribution is 2.33. The third-order valence-electron chi connectivity index (χ3n) is 2.77. The minimum atomic E-state index is -3.16. The Morgan fingerprint density at radius 3 is 2.62 bits per heavy atom. The number of nitrogen functional groups attached to an aromatic ring is 1. The molecule has 0 aliphatic rings. The number of benzene rings is 1. The number of aromatic nitrogens is 4. The lowest BCUT2D eigenvalue weighted by Gasteiger charge is -2.13. The van der Waals surface area contributed by atoms with Gasteiger partial charge < -0.3 is 5.73 Å². The lowest BCUT2D eigenvalue weighted by atomic mass is 10.2. The van der Waals surface area contributed by atoms with Crippen molar-refractivity contribution < 1.29 is 8.42 Å². The predicted octanol–water partition coefficient (Wildman–Crippen LogP) is 1.83. The van der Waals surface area contributed by atoms with Crippen molar-refractivity contribution in [1.82, 2.24) is 20.2 Å². The van der Waals surface area contributed by atoms with E-state index in [0.29, 0.717) is 17.1 Å². The quantitative estimate of drug-likeness (QED) is 0.844. The zero-order chi connectivity index (χ0) is 15.8. The first kappa shape index (κ1) is 16.0. The molecule has 0 radical (unpaired) electrons. The van der Waals surface area contributed by atoms with E-state index in [4.69, 9.17) is 28.9 Å². The summed E-state index contributed by atoms with van der Waals surface area (Å²) in [6.45, 7) is 1.71. The van der Waals surface area contributed by atoms with Crippen LogP contribution in [0.2, 0.25) is 10.0 Å². The predicted molar refractivity (Wildman–Crippen MR) is 82.1 cm³/mol. The summed E-state index contributed by atoms with van der Waals surface area (Å²) in [5, 5.41) is 11.8. The van der Waals surface area contributed by atoms with Gasteiger partial charge in [0.2, 0.25) is 0 Å². The first-order valence-electron chi connectivity index (χ1n) is 5.89. The van der Waals surface area contributed by atoms with Crippen LogP contribution in [-0.2, 0) is 9.84 Å². The van der Waals surface area contributed by atoms with Crippen LogP contribution in [0.4, 0.5) is 5.69 Å². The van der Waals surface area contributed by atoms with E-state index in [0.717, 1.165) is 6.26 Å². The molecular formula is C11H13Cl2N5O2S. The third-order valence-corrected chi connectivity index (χ3v) is 4.67. The number of sulfone groups is 1. The van der Waals surface area contributed by atoms with Gasteiger partial charge in [-0.15, -0.1) is 5.10 Å². The Morgan fingerprint density at radius 1 is 1.38 bits per heavy atom. The summed E-state index contributed by atoms with van der Waals surface area (Å²) in [5.74, 6) is 0.290. The minimum absolute atomic E-state index is 0.0815. The zero-order valence-electron chi connectivity index (χ0n) is 11.3. The molecule has 2 rings (SSSR count). The molecule has 0 aliphatic carbocycles. The van der Waals surface area contributed by atoms with Gasteiger partial charge in [0.1, 0.15) is 9.84 Å². The van der Waals surface area contributed by atoms with E-state index in [1.165, 1.54) is 4.68 Å². The molecule has 1 atom stereocenters. The molecule has 7 nitrogen and oxygen atoms in total. The zero-order valence-corrected chi connectivity index (χ0v) is 13.6. The van der Waals surface area contributed by atoms with Crippen molar-refractivity contribution in [3.8, 4) is 11.4 Å². The Hall–Kier alpha value is -1.38. The third kappa shape index (κ3) is 3.63. The van der Waals surface area contributed by atoms with Gasteiger partial charge in [-0.25, -0.2) is 13.1 Å². The van der Waals surface area contributed by atoms with Gasteiger partial charge >= 0.3 is 0 Å². The molecule has 114 valence electrons. The standard InChI is InChI=1S/C11H13Cl2N5O2S/c1-6(5-21(2,19)20)18-11(15-16-17-18)7-3-8(12)10(13)9(14)4-7/h3-4,6H,5,14H2,1-2H3. The van der Waals surface area contributed by atoms with Crippen molar-refractivity contribution >= 4 is 38.7 Å². The van der Waals surface area contributed by atoms with Crippen molar-refractivity contribution in [3.63, 3.8) is 0 Å². The summed E-state index contributed by atoms with van der Waals surface area (Å²) in [7, 11) is -3.16. The normalized spacial score (nSPS) is 13.3. The van der Waals surface area contributed by atoms with Gasteiger partial charge in [0.05, 0.1) is 27.5 Å². The van der Waals surface area contributed by atoms with Gasteiger partial charge in [0.15, 0.2) is 5.82 Å². The lowest BCUT2D eigenvalue weighted by Crippen LogP contribution is -2.18. The van der Waals surface area contributed by atoms with E-state index in [-0.39, 0.29) is 15.8 Å². The largest absolute Gasteiger partial charge is 0.397 e.